The number of aryl methyl sites for hydroxylation is 3. The number of carbonyl (C=O) groups excluding carboxylic acids is 3. The number of hydrogen-bond donors (Lipinski definition) is 5. The van der Waals surface area contributed by atoms with Crippen molar-refractivity contribution in [2.75, 3.05) is 31.1 Å². The Morgan fingerprint density at radius 2 is 1.34 bits per heavy atom. The average Bonchev–Trinajstić information content (AvgIpc) is 4.03. The predicted octanol–water partition coefficient (Wildman–Crippen LogP) is 10.8. The zero-order valence-electron chi connectivity index (χ0n) is 42.2. The Balaban J connectivity index is 0.00000104. The van der Waals surface area contributed by atoms with Gasteiger partial charge < -0.3 is 31.8 Å². The lowest BCUT2D eigenvalue weighted by Gasteiger charge is -2.19. The van der Waals surface area contributed by atoms with E-state index in [0.717, 1.165) is 107 Å². The summed E-state index contributed by atoms with van der Waals surface area (Å²) < 4.78 is 8.33. The Bertz CT molecular complexity index is 1840. The Labute approximate surface area is 413 Å². The number of carbonyl (C=O) groups is 3. The van der Waals surface area contributed by atoms with E-state index in [0.29, 0.717) is 45.0 Å². The van der Waals surface area contributed by atoms with Crippen LogP contribution in [0.2, 0.25) is 0 Å². The Kier molecular flexibility index (Phi) is 37.6. The predicted molar refractivity (Wildman–Crippen MR) is 276 cm³/mol. The summed E-state index contributed by atoms with van der Waals surface area (Å²) in [6.07, 6.45) is 38.3. The first-order chi connectivity index (χ1) is 32.3. The van der Waals surface area contributed by atoms with E-state index in [2.05, 4.69) is 65.7 Å². The van der Waals surface area contributed by atoms with Crippen molar-refractivity contribution in [2.45, 2.75) is 214 Å². The van der Waals surface area contributed by atoms with Crippen LogP contribution >= 0.6 is 12.4 Å². The van der Waals surface area contributed by atoms with Gasteiger partial charge in [-0.2, -0.15) is 0 Å². The number of halogens is 1. The monoisotopic (exact) mass is 971 g/mol. The molecule has 3 aromatic rings. The van der Waals surface area contributed by atoms with Crippen LogP contribution in [0.25, 0.3) is 10.4 Å². The van der Waals surface area contributed by atoms with Gasteiger partial charge in [-0.3, -0.25) is 14.3 Å². The smallest absolute Gasteiger partial charge is 0.421 e. The van der Waals surface area contributed by atoms with Crippen molar-refractivity contribution in [3.63, 3.8) is 0 Å². The molecule has 68 heavy (non-hydrogen) atoms. The molecule has 18 nitrogen and oxygen atoms in total. The molecule has 0 radical (unpaired) electrons. The molecule has 384 valence electrons. The first kappa shape index (κ1) is 62.7. The van der Waals surface area contributed by atoms with Crippen LogP contribution in [0, 0.1) is 12.3 Å². The molecule has 3 rings (SSSR count). The quantitative estimate of drug-likeness (QED) is 0.0127. The topological polar surface area (TPSA) is 263 Å². The molecule has 0 spiro atoms. The summed E-state index contributed by atoms with van der Waals surface area (Å²) in [6.45, 7) is 11.9. The van der Waals surface area contributed by atoms with Crippen molar-refractivity contribution in [1.82, 2.24) is 45.1 Å². The molecule has 0 aliphatic rings. The minimum absolute atomic E-state index is 0. The highest BCUT2D eigenvalue weighted by Crippen LogP contribution is 2.15. The molecule has 3 aromatic heterocycles. The molecular weight excluding hydrogens is 884 g/mol. The summed E-state index contributed by atoms with van der Waals surface area (Å²) >= 11 is 0. The highest BCUT2D eigenvalue weighted by molar-refractivity contribution is 5.85. The third-order valence-corrected chi connectivity index (χ3v) is 10.5. The number of H-pyrrole nitrogens is 1. The van der Waals surface area contributed by atoms with Crippen LogP contribution in [0.1, 0.15) is 199 Å². The lowest BCUT2D eigenvalue weighted by Crippen LogP contribution is -2.27. The number of anilines is 2. The number of amides is 2. The number of nitrogens with zero attached hydrogens (tertiary/aromatic N) is 9. The number of aromatic amines is 1. The number of aromatic nitrogens is 7. The zero-order chi connectivity index (χ0) is 49.4. The molecule has 0 saturated carbocycles. The lowest BCUT2D eigenvalue weighted by atomic mass is 10.1. The number of unbranched alkanes of at least 4 members (excludes halogenated alkanes) is 17. The van der Waals surface area contributed by atoms with Crippen LogP contribution < -0.4 is 22.1 Å². The van der Waals surface area contributed by atoms with Gasteiger partial charge in [-0.25, -0.2) is 19.3 Å². The number of nitrogens with two attached hydrogens (primary N) is 2. The van der Waals surface area contributed by atoms with Crippen LogP contribution in [0.4, 0.5) is 16.7 Å². The third kappa shape index (κ3) is 35.0. The number of azide groups is 1. The Hall–Kier alpha value is -5.27. The molecule has 2 amide bonds. The normalized spacial score (nSPS) is 10.6. The molecule has 19 heteroatoms. The van der Waals surface area contributed by atoms with Crippen LogP contribution in [-0.2, 0) is 40.1 Å². The number of hydrogen-bond acceptors (Lipinski definition) is 11. The van der Waals surface area contributed by atoms with Gasteiger partial charge >= 0.3 is 6.09 Å². The van der Waals surface area contributed by atoms with Gasteiger partial charge in [-0.15, -0.1) is 29.8 Å². The van der Waals surface area contributed by atoms with Gasteiger partial charge in [-0.1, -0.05) is 114 Å². The molecular formula is C49H87ClN14O4. The van der Waals surface area contributed by atoms with Crippen LogP contribution in [0.15, 0.2) is 23.7 Å². The summed E-state index contributed by atoms with van der Waals surface area (Å²) in [6, 6.07) is 0. The second kappa shape index (κ2) is 40.8. The fraction of sp³-hybridized carbons (Fsp3) is 0.735. The Morgan fingerprint density at radius 3 is 1.90 bits per heavy atom. The van der Waals surface area contributed by atoms with Gasteiger partial charge in [0.15, 0.2) is 5.95 Å². The van der Waals surface area contributed by atoms with Crippen molar-refractivity contribution in [3.05, 3.63) is 46.1 Å². The fourth-order valence-corrected chi connectivity index (χ4v) is 6.86. The number of terminal acetylenes is 1. The lowest BCUT2D eigenvalue weighted by molar-refractivity contribution is -0.122. The summed E-state index contributed by atoms with van der Waals surface area (Å²) in [5.41, 5.74) is 21.7. The average molecular weight is 972 g/mol. The van der Waals surface area contributed by atoms with Crippen LogP contribution in [0.3, 0.4) is 0 Å². The van der Waals surface area contributed by atoms with Crippen molar-refractivity contribution in [2.24, 2.45) is 5.11 Å². The molecule has 0 bridgehead atoms. The fourth-order valence-electron chi connectivity index (χ4n) is 6.86. The first-order valence-electron chi connectivity index (χ1n) is 25.0. The summed E-state index contributed by atoms with van der Waals surface area (Å²) in [5, 5.41) is 17.5. The number of imidazole rings is 2. The molecule has 0 aromatic carbocycles. The van der Waals surface area contributed by atoms with E-state index in [4.69, 9.17) is 28.2 Å². The molecule has 0 atom stereocenters. The summed E-state index contributed by atoms with van der Waals surface area (Å²) in [7, 11) is 0. The van der Waals surface area contributed by atoms with Crippen LogP contribution in [0.5, 0.6) is 0 Å². The minimum atomic E-state index is -0.552. The van der Waals surface area contributed by atoms with Gasteiger partial charge in [0.25, 0.3) is 0 Å². The number of rotatable bonds is 33. The molecule has 7 N–H and O–H groups in total. The zero-order valence-corrected chi connectivity index (χ0v) is 43.1. The molecule has 0 unspecified atom stereocenters. The van der Waals surface area contributed by atoms with E-state index >= 15 is 0 Å². The highest BCUT2D eigenvalue weighted by Gasteiger charge is 2.20. The first-order valence-corrected chi connectivity index (χ1v) is 25.0. The van der Waals surface area contributed by atoms with Gasteiger partial charge in [0.2, 0.25) is 17.8 Å². The van der Waals surface area contributed by atoms with E-state index in [1.54, 1.807) is 12.4 Å². The van der Waals surface area contributed by atoms with E-state index in [1.165, 1.54) is 68.8 Å². The van der Waals surface area contributed by atoms with Gasteiger partial charge in [0.1, 0.15) is 5.60 Å². The summed E-state index contributed by atoms with van der Waals surface area (Å²) in [4.78, 5) is 49.0. The SMILES string of the molecule is C#CCCCCCc1cn(C(=O)OC(C)(C)C)c(N)n1.CCCCCCCCCC(=O)NCCN=[N+]=[N-].CCCCCCCCCC(=O)NCCn1cc(CCCCCc2cnc(N)[nH]2)nn1.Cl. The maximum absolute atomic E-state index is 11.9. The van der Waals surface area contributed by atoms with Crippen molar-refractivity contribution in [1.29, 1.82) is 0 Å². The Morgan fingerprint density at radius 1 is 0.794 bits per heavy atom. The van der Waals surface area contributed by atoms with Gasteiger partial charge in [0, 0.05) is 61.9 Å². The maximum Gasteiger partial charge on any atom is 0.421 e. The number of ether oxygens (including phenoxy) is 1. The van der Waals surface area contributed by atoms with Crippen molar-refractivity contribution < 1.29 is 19.1 Å². The molecule has 0 aliphatic carbocycles. The van der Waals surface area contributed by atoms with E-state index < -0.39 is 11.7 Å². The van der Waals surface area contributed by atoms with E-state index in [-0.39, 0.29) is 30.2 Å². The number of nitrogen functional groups attached to an aromatic ring is 2. The van der Waals surface area contributed by atoms with Gasteiger partial charge in [-0.05, 0) is 84.1 Å². The maximum atomic E-state index is 11.9. The molecule has 0 aliphatic heterocycles. The van der Waals surface area contributed by atoms with Crippen molar-refractivity contribution >= 4 is 42.2 Å². The van der Waals surface area contributed by atoms with Gasteiger partial charge in [0.05, 0.1) is 24.1 Å². The minimum Gasteiger partial charge on any atom is -0.443 e. The summed E-state index contributed by atoms with van der Waals surface area (Å²) in [5.74, 6) is 3.47. The third-order valence-electron chi connectivity index (χ3n) is 10.5. The number of nitrogens with one attached hydrogen (secondary N) is 3. The van der Waals surface area contributed by atoms with E-state index in [9.17, 15) is 14.4 Å². The largest absolute Gasteiger partial charge is 0.443 e. The van der Waals surface area contributed by atoms with Crippen molar-refractivity contribution in [3.8, 4) is 12.3 Å². The van der Waals surface area contributed by atoms with Crippen LogP contribution in [-0.4, -0.2) is 77.7 Å². The highest BCUT2D eigenvalue weighted by atomic mass is 35.5. The second-order valence-corrected chi connectivity index (χ2v) is 17.9. The molecule has 0 fully saturated rings. The molecule has 0 saturated heterocycles. The van der Waals surface area contributed by atoms with E-state index in [1.807, 2.05) is 31.6 Å². The second-order valence-electron chi connectivity index (χ2n) is 17.9. The standard InChI is InChI=1S/C22H39N7O.C15H23N3O2.C12H24N4O.ClH/c1-2-3-4-5-6-7-11-14-21(30)24-15-16-29-18-20(27-28-29)13-10-8-9-12-19-17-25-22(23)26-19;1-5-6-7-8-9-10-12-11-18(13(16)17-12)14(19)20-15(2,3)4;1-2-3-4-5-6-7-8-9-12(17)14-10-11-15-16-13;/h17-18H,2-16H2,1H3,(H,24,30)(H3,23,25,26);1,11H,6-10H2,2-4H3,(H2,16,17);2-11H2,1H3,(H,14,17);1H. The molecule has 3 heterocycles.